The first kappa shape index (κ1) is 17.5. The van der Waals surface area contributed by atoms with E-state index in [-0.39, 0.29) is 19.1 Å². The van der Waals surface area contributed by atoms with Crippen LogP contribution in [0.3, 0.4) is 0 Å². The van der Waals surface area contributed by atoms with Crippen molar-refractivity contribution in [2.45, 2.75) is 44.6 Å². The number of nitrogens with zero attached hydrogens (tertiary/aromatic N) is 1. The molecule has 1 atom stereocenters. The largest absolute Gasteiger partial charge is 0.382 e. The normalized spacial score (nSPS) is 24.4. The second-order valence-electron chi connectivity index (χ2n) is 6.29. The van der Waals surface area contributed by atoms with Gasteiger partial charge in [0.2, 0.25) is 5.91 Å². The predicted molar refractivity (Wildman–Crippen MR) is 84.7 cm³/mol. The number of nitrogens with one attached hydrogen (secondary N) is 2. The van der Waals surface area contributed by atoms with Crippen LogP contribution in [0.4, 0.5) is 4.79 Å². The minimum Gasteiger partial charge on any atom is -0.382 e. The van der Waals surface area contributed by atoms with Crippen LogP contribution in [0.15, 0.2) is 11.6 Å². The van der Waals surface area contributed by atoms with E-state index in [0.29, 0.717) is 6.54 Å². The zero-order valence-corrected chi connectivity index (χ0v) is 13.8. The SMILES string of the molecule is COC[C@@]1(C)NC(=O)N(CC(=O)NCCC2=CCCCC2)C1=O. The molecular weight excluding hydrogens is 298 g/mol. The summed E-state index contributed by atoms with van der Waals surface area (Å²) in [7, 11) is 1.46. The topological polar surface area (TPSA) is 87.7 Å². The molecule has 7 heteroatoms. The molecule has 0 unspecified atom stereocenters. The van der Waals surface area contributed by atoms with E-state index in [4.69, 9.17) is 4.74 Å². The quantitative estimate of drug-likeness (QED) is 0.539. The standard InChI is InChI=1S/C16H25N3O4/c1-16(11-23-2)14(21)19(15(22)18-16)10-13(20)17-9-8-12-6-4-3-5-7-12/h6H,3-5,7-11H2,1-2H3,(H,17,20)(H,18,22)/t16-/m1/s1. The van der Waals surface area contributed by atoms with Crippen molar-refractivity contribution in [2.75, 3.05) is 26.8 Å². The van der Waals surface area contributed by atoms with Crippen LogP contribution < -0.4 is 10.6 Å². The summed E-state index contributed by atoms with van der Waals surface area (Å²) in [5, 5.41) is 5.34. The third-order valence-electron chi connectivity index (χ3n) is 4.23. The molecule has 2 aliphatic rings. The summed E-state index contributed by atoms with van der Waals surface area (Å²) in [5.74, 6) is -0.763. The number of amides is 4. The Bertz CT molecular complexity index is 517. The first-order valence-electron chi connectivity index (χ1n) is 8.04. The molecule has 23 heavy (non-hydrogen) atoms. The zero-order chi connectivity index (χ0) is 16.9. The number of urea groups is 1. The van der Waals surface area contributed by atoms with Crippen LogP contribution in [0, 0.1) is 0 Å². The Morgan fingerprint density at radius 2 is 2.22 bits per heavy atom. The maximum Gasteiger partial charge on any atom is 0.325 e. The Balaban J connectivity index is 1.79. The Labute approximate surface area is 136 Å². The van der Waals surface area contributed by atoms with Gasteiger partial charge in [0.25, 0.3) is 5.91 Å². The minimum atomic E-state index is -1.10. The first-order chi connectivity index (χ1) is 11.0. The summed E-state index contributed by atoms with van der Waals surface area (Å²) in [6.45, 7) is 1.93. The number of carbonyl (C=O) groups excluding carboxylic acids is 3. The molecule has 0 aromatic carbocycles. The molecule has 1 aliphatic heterocycles. The lowest BCUT2D eigenvalue weighted by Gasteiger charge is -2.20. The van der Waals surface area contributed by atoms with Gasteiger partial charge in [-0.1, -0.05) is 11.6 Å². The Kier molecular flexibility index (Phi) is 5.76. The lowest BCUT2D eigenvalue weighted by molar-refractivity contribution is -0.135. The summed E-state index contributed by atoms with van der Waals surface area (Å²) in [4.78, 5) is 37.0. The van der Waals surface area contributed by atoms with E-state index >= 15 is 0 Å². The molecule has 2 rings (SSSR count). The fourth-order valence-corrected chi connectivity index (χ4v) is 2.97. The molecule has 1 heterocycles. The molecule has 1 aliphatic carbocycles. The maximum atomic E-state index is 12.3. The van der Waals surface area contributed by atoms with Crippen molar-refractivity contribution in [2.24, 2.45) is 0 Å². The van der Waals surface area contributed by atoms with Crippen molar-refractivity contribution in [3.8, 4) is 0 Å². The lowest BCUT2D eigenvalue weighted by atomic mass is 9.97. The van der Waals surface area contributed by atoms with E-state index in [1.54, 1.807) is 6.92 Å². The number of carbonyl (C=O) groups is 3. The smallest absolute Gasteiger partial charge is 0.325 e. The van der Waals surface area contributed by atoms with E-state index in [1.165, 1.54) is 25.5 Å². The summed E-state index contributed by atoms with van der Waals surface area (Å²) < 4.78 is 4.96. The van der Waals surface area contributed by atoms with Gasteiger partial charge in [-0.25, -0.2) is 4.79 Å². The summed E-state index contributed by atoms with van der Waals surface area (Å²) in [6.07, 6.45) is 7.72. The van der Waals surface area contributed by atoms with E-state index in [2.05, 4.69) is 16.7 Å². The van der Waals surface area contributed by atoms with Crippen LogP contribution in [0.2, 0.25) is 0 Å². The predicted octanol–water partition coefficient (Wildman–Crippen LogP) is 0.950. The highest BCUT2D eigenvalue weighted by Gasteiger charge is 2.48. The van der Waals surface area contributed by atoms with E-state index in [1.807, 2.05) is 0 Å². The first-order valence-corrected chi connectivity index (χ1v) is 8.04. The Hall–Kier alpha value is -1.89. The number of hydrogen-bond acceptors (Lipinski definition) is 4. The maximum absolute atomic E-state index is 12.3. The van der Waals surface area contributed by atoms with Crippen LogP contribution in [0.25, 0.3) is 0 Å². The Morgan fingerprint density at radius 3 is 2.87 bits per heavy atom. The van der Waals surface area contributed by atoms with Gasteiger partial charge in [-0.05, 0) is 39.0 Å². The average Bonchev–Trinajstić information content (AvgIpc) is 2.72. The van der Waals surface area contributed by atoms with Gasteiger partial charge in [0.1, 0.15) is 12.1 Å². The fraction of sp³-hybridized carbons (Fsp3) is 0.688. The second-order valence-corrected chi connectivity index (χ2v) is 6.29. The van der Waals surface area contributed by atoms with Crippen molar-refractivity contribution in [1.29, 1.82) is 0 Å². The highest BCUT2D eigenvalue weighted by molar-refractivity contribution is 6.08. The van der Waals surface area contributed by atoms with Crippen molar-refractivity contribution < 1.29 is 19.1 Å². The van der Waals surface area contributed by atoms with Gasteiger partial charge in [0.15, 0.2) is 0 Å². The molecule has 0 bridgehead atoms. The highest BCUT2D eigenvalue weighted by Crippen LogP contribution is 2.19. The summed E-state index contributed by atoms with van der Waals surface area (Å²) in [6, 6.07) is -0.556. The van der Waals surface area contributed by atoms with Crippen molar-refractivity contribution in [3.05, 3.63) is 11.6 Å². The molecule has 0 saturated carbocycles. The van der Waals surface area contributed by atoms with Gasteiger partial charge >= 0.3 is 6.03 Å². The van der Waals surface area contributed by atoms with Crippen LogP contribution in [-0.4, -0.2) is 55.1 Å². The van der Waals surface area contributed by atoms with E-state index in [9.17, 15) is 14.4 Å². The molecule has 0 aromatic heterocycles. The summed E-state index contributed by atoms with van der Waals surface area (Å²) >= 11 is 0. The number of methoxy groups -OCH3 is 1. The van der Waals surface area contributed by atoms with Gasteiger partial charge in [-0.2, -0.15) is 0 Å². The molecule has 128 valence electrons. The van der Waals surface area contributed by atoms with E-state index in [0.717, 1.165) is 24.2 Å². The molecule has 0 aromatic rings. The molecule has 4 amide bonds. The van der Waals surface area contributed by atoms with Gasteiger partial charge in [0.05, 0.1) is 6.61 Å². The zero-order valence-electron chi connectivity index (χ0n) is 13.8. The van der Waals surface area contributed by atoms with Crippen LogP contribution in [0.1, 0.15) is 39.0 Å². The molecule has 1 fully saturated rings. The van der Waals surface area contributed by atoms with Gasteiger partial charge < -0.3 is 15.4 Å². The Morgan fingerprint density at radius 1 is 1.43 bits per heavy atom. The number of imide groups is 1. The number of hydrogen-bond donors (Lipinski definition) is 2. The number of ether oxygens (including phenoxy) is 1. The molecule has 7 nitrogen and oxygen atoms in total. The molecular formula is C16H25N3O4. The molecule has 0 radical (unpaired) electrons. The van der Waals surface area contributed by atoms with Gasteiger partial charge in [-0.15, -0.1) is 0 Å². The third kappa shape index (κ3) is 4.31. The van der Waals surface area contributed by atoms with Crippen LogP contribution in [0.5, 0.6) is 0 Å². The molecule has 1 saturated heterocycles. The highest BCUT2D eigenvalue weighted by atomic mass is 16.5. The van der Waals surface area contributed by atoms with Gasteiger partial charge in [-0.3, -0.25) is 14.5 Å². The van der Waals surface area contributed by atoms with Crippen LogP contribution >= 0.6 is 0 Å². The lowest BCUT2D eigenvalue weighted by Crippen LogP contribution is -2.48. The number of rotatable bonds is 7. The second kappa shape index (κ2) is 7.59. The van der Waals surface area contributed by atoms with Gasteiger partial charge in [0, 0.05) is 13.7 Å². The summed E-state index contributed by atoms with van der Waals surface area (Å²) in [5.41, 5.74) is 0.276. The van der Waals surface area contributed by atoms with Crippen molar-refractivity contribution in [1.82, 2.24) is 15.5 Å². The van der Waals surface area contributed by atoms with E-state index < -0.39 is 17.5 Å². The minimum absolute atomic E-state index is 0.0733. The van der Waals surface area contributed by atoms with Crippen LogP contribution in [-0.2, 0) is 14.3 Å². The third-order valence-corrected chi connectivity index (χ3v) is 4.23. The molecule has 2 N–H and O–H groups in total. The fourth-order valence-electron chi connectivity index (χ4n) is 2.97. The van der Waals surface area contributed by atoms with Crippen molar-refractivity contribution in [3.63, 3.8) is 0 Å². The number of allylic oxidation sites excluding steroid dienone is 1. The van der Waals surface area contributed by atoms with Crippen molar-refractivity contribution >= 4 is 17.8 Å². The average molecular weight is 323 g/mol. The molecule has 0 spiro atoms. The monoisotopic (exact) mass is 323 g/mol.